The summed E-state index contributed by atoms with van der Waals surface area (Å²) < 4.78 is 15.5. The van der Waals surface area contributed by atoms with Crippen LogP contribution in [0.25, 0.3) is 10.9 Å². The summed E-state index contributed by atoms with van der Waals surface area (Å²) in [4.78, 5) is 16.0. The topological polar surface area (TPSA) is 43.7 Å². The lowest BCUT2D eigenvalue weighted by Crippen LogP contribution is -2.31. The van der Waals surface area contributed by atoms with Crippen molar-refractivity contribution < 1.29 is 14.3 Å². The predicted octanol–water partition coefficient (Wildman–Crippen LogP) is 10.6. The van der Waals surface area contributed by atoms with Crippen LogP contribution in [0.1, 0.15) is 125 Å². The van der Waals surface area contributed by atoms with Gasteiger partial charge in [0.25, 0.3) is 0 Å². The molecule has 0 aliphatic carbocycles. The van der Waals surface area contributed by atoms with E-state index in [1.165, 1.54) is 63.3 Å². The second kappa shape index (κ2) is 15.7. The number of cyclic esters (lactones) is 1. The molecule has 5 nitrogen and oxygen atoms in total. The molecule has 1 unspecified atom stereocenters. The molecular formula is C41H54N2O3. The summed E-state index contributed by atoms with van der Waals surface area (Å²) in [5.74, 6) is 0.458. The number of unbranched alkanes of at least 4 members (excludes halogenated alkanes) is 9. The maximum Gasteiger partial charge on any atom is 0.340 e. The van der Waals surface area contributed by atoms with Crippen molar-refractivity contribution >= 4 is 22.6 Å². The zero-order valence-corrected chi connectivity index (χ0v) is 28.9. The Morgan fingerprint density at radius 3 is 2.11 bits per heavy atom. The second-order valence-corrected chi connectivity index (χ2v) is 12.7. The number of aryl methyl sites for hydroxylation is 1. The highest BCUT2D eigenvalue weighted by Gasteiger charge is 2.52. The molecule has 1 aliphatic rings. The first-order valence-electron chi connectivity index (χ1n) is 17.9. The van der Waals surface area contributed by atoms with E-state index < -0.39 is 5.60 Å². The molecule has 246 valence electrons. The first-order chi connectivity index (χ1) is 22.5. The second-order valence-electron chi connectivity index (χ2n) is 12.7. The third-order valence-corrected chi connectivity index (χ3v) is 9.86. The highest BCUT2D eigenvalue weighted by molar-refractivity contribution is 5.99. The molecule has 5 rings (SSSR count). The molecule has 0 radical (unpaired) electrons. The Labute approximate surface area is 276 Å². The fourth-order valence-corrected chi connectivity index (χ4v) is 7.52. The number of hydrogen-bond donors (Lipinski definition) is 0. The van der Waals surface area contributed by atoms with Crippen LogP contribution in [-0.4, -0.2) is 30.2 Å². The lowest BCUT2D eigenvalue weighted by Gasteiger charge is -2.33. The van der Waals surface area contributed by atoms with Gasteiger partial charge in [0.2, 0.25) is 0 Å². The Morgan fingerprint density at radius 1 is 0.761 bits per heavy atom. The standard InChI is InChI=1S/C41H54N2O3/c1-6-10-11-12-13-14-15-16-17-22-29-43-31(5)39(34-24-19-21-26-37(34)43)41(35-25-20-18-23-33(35)40(44)46-41)36-28-27-32(42(7-2)8-3)30-38(36)45-9-4/h18-21,23-28,30H,6-17,22,29H2,1-5H3. The lowest BCUT2D eigenvalue weighted by molar-refractivity contribution is 0.0246. The largest absolute Gasteiger partial charge is 0.493 e. The number of rotatable bonds is 18. The Kier molecular flexibility index (Phi) is 11.5. The molecule has 3 aromatic carbocycles. The van der Waals surface area contributed by atoms with Crippen molar-refractivity contribution in [1.82, 2.24) is 4.57 Å². The van der Waals surface area contributed by atoms with Crippen molar-refractivity contribution in [1.29, 1.82) is 0 Å². The van der Waals surface area contributed by atoms with Crippen molar-refractivity contribution in [2.75, 3.05) is 24.6 Å². The third kappa shape index (κ3) is 6.56. The van der Waals surface area contributed by atoms with Crippen LogP contribution in [0.15, 0.2) is 66.7 Å². The molecule has 0 spiro atoms. The fourth-order valence-electron chi connectivity index (χ4n) is 7.52. The van der Waals surface area contributed by atoms with E-state index in [2.05, 4.69) is 85.7 Å². The number of aromatic nitrogens is 1. The molecule has 5 heteroatoms. The van der Waals surface area contributed by atoms with Crippen LogP contribution < -0.4 is 9.64 Å². The summed E-state index contributed by atoms with van der Waals surface area (Å²) in [5.41, 5.74) is 5.68. The quantitative estimate of drug-likeness (QED) is 0.0818. The number of fused-ring (bicyclic) bond motifs is 2. The summed E-state index contributed by atoms with van der Waals surface area (Å²) in [6.45, 7) is 14.1. The summed E-state index contributed by atoms with van der Waals surface area (Å²) in [6.07, 6.45) is 13.1. The third-order valence-electron chi connectivity index (χ3n) is 9.86. The van der Waals surface area contributed by atoms with Crippen LogP contribution >= 0.6 is 0 Å². The van der Waals surface area contributed by atoms with Crippen LogP contribution in [0.3, 0.4) is 0 Å². The molecular weight excluding hydrogens is 568 g/mol. The molecule has 0 saturated heterocycles. The van der Waals surface area contributed by atoms with Crippen LogP contribution in [0, 0.1) is 6.92 Å². The first-order valence-corrected chi connectivity index (χ1v) is 17.9. The number of benzene rings is 3. The zero-order valence-electron chi connectivity index (χ0n) is 28.9. The average molecular weight is 623 g/mol. The maximum absolute atomic E-state index is 13.7. The van der Waals surface area contributed by atoms with Gasteiger partial charge in [0, 0.05) is 64.7 Å². The molecule has 0 fully saturated rings. The van der Waals surface area contributed by atoms with Gasteiger partial charge in [-0.3, -0.25) is 0 Å². The van der Waals surface area contributed by atoms with E-state index in [0.717, 1.165) is 65.3 Å². The van der Waals surface area contributed by atoms with Crippen LogP contribution in [0.5, 0.6) is 5.75 Å². The Hall–Kier alpha value is -3.73. The molecule has 0 amide bonds. The fraction of sp³-hybridized carbons (Fsp3) is 0.488. The molecule has 46 heavy (non-hydrogen) atoms. The van der Waals surface area contributed by atoms with Gasteiger partial charge in [-0.1, -0.05) is 101 Å². The Balaban J connectivity index is 1.55. The van der Waals surface area contributed by atoms with E-state index in [1.807, 2.05) is 25.1 Å². The normalized spacial score (nSPS) is 15.7. The van der Waals surface area contributed by atoms with Crippen molar-refractivity contribution in [3.8, 4) is 5.75 Å². The lowest BCUT2D eigenvalue weighted by atomic mass is 9.78. The molecule has 0 N–H and O–H groups in total. The number of anilines is 1. The SMILES string of the molecule is CCCCCCCCCCCCn1c(C)c(C2(c3ccc(N(CC)CC)cc3OCC)OC(=O)c3ccccc32)c2ccccc21. The van der Waals surface area contributed by atoms with E-state index in [0.29, 0.717) is 12.2 Å². The Bertz CT molecular complexity index is 1600. The van der Waals surface area contributed by atoms with Gasteiger partial charge in [-0.25, -0.2) is 4.79 Å². The highest BCUT2D eigenvalue weighted by atomic mass is 16.6. The monoisotopic (exact) mass is 622 g/mol. The van der Waals surface area contributed by atoms with E-state index in [-0.39, 0.29) is 5.97 Å². The van der Waals surface area contributed by atoms with E-state index in [1.54, 1.807) is 0 Å². The molecule has 4 aromatic rings. The molecule has 1 atom stereocenters. The number of ether oxygens (including phenoxy) is 2. The minimum Gasteiger partial charge on any atom is -0.493 e. The summed E-state index contributed by atoms with van der Waals surface area (Å²) in [6, 6.07) is 22.9. The predicted molar refractivity (Wildman–Crippen MR) is 191 cm³/mol. The van der Waals surface area contributed by atoms with Crippen molar-refractivity contribution in [3.63, 3.8) is 0 Å². The minimum atomic E-state index is -1.13. The molecule has 2 heterocycles. The van der Waals surface area contributed by atoms with Crippen LogP contribution in [-0.2, 0) is 16.9 Å². The van der Waals surface area contributed by atoms with Crippen LogP contribution in [0.2, 0.25) is 0 Å². The summed E-state index contributed by atoms with van der Waals surface area (Å²) >= 11 is 0. The zero-order chi connectivity index (χ0) is 32.5. The number of nitrogens with zero attached hydrogens (tertiary/aromatic N) is 2. The van der Waals surface area contributed by atoms with E-state index in [4.69, 9.17) is 9.47 Å². The van der Waals surface area contributed by atoms with Gasteiger partial charge in [-0.2, -0.15) is 0 Å². The average Bonchev–Trinajstić information content (AvgIpc) is 3.53. The highest BCUT2D eigenvalue weighted by Crippen LogP contribution is 2.53. The van der Waals surface area contributed by atoms with Gasteiger partial charge in [-0.05, 0) is 58.4 Å². The first kappa shape index (κ1) is 33.6. The van der Waals surface area contributed by atoms with Gasteiger partial charge in [0.05, 0.1) is 12.2 Å². The van der Waals surface area contributed by atoms with Gasteiger partial charge in [-0.15, -0.1) is 0 Å². The van der Waals surface area contributed by atoms with E-state index in [9.17, 15) is 4.79 Å². The molecule has 1 aliphatic heterocycles. The smallest absolute Gasteiger partial charge is 0.340 e. The number of carbonyl (C=O) groups excluding carboxylic acids is 1. The number of para-hydroxylation sites is 1. The number of esters is 1. The summed E-state index contributed by atoms with van der Waals surface area (Å²) in [7, 11) is 0. The van der Waals surface area contributed by atoms with E-state index >= 15 is 0 Å². The summed E-state index contributed by atoms with van der Waals surface area (Å²) in [5, 5.41) is 1.12. The van der Waals surface area contributed by atoms with Crippen molar-refractivity contribution in [2.45, 2.75) is 111 Å². The molecule has 1 aromatic heterocycles. The Morgan fingerprint density at radius 2 is 1.41 bits per heavy atom. The number of hydrogen-bond acceptors (Lipinski definition) is 4. The maximum atomic E-state index is 13.7. The van der Waals surface area contributed by atoms with Gasteiger partial charge < -0.3 is 18.9 Å². The van der Waals surface area contributed by atoms with Gasteiger partial charge >= 0.3 is 5.97 Å². The van der Waals surface area contributed by atoms with Crippen LogP contribution in [0.4, 0.5) is 5.69 Å². The number of carbonyl (C=O) groups is 1. The minimum absolute atomic E-state index is 0.295. The van der Waals surface area contributed by atoms with Crippen molar-refractivity contribution in [3.05, 3.63) is 94.7 Å². The van der Waals surface area contributed by atoms with Gasteiger partial charge in [0.15, 0.2) is 5.60 Å². The molecule has 0 bridgehead atoms. The molecule has 0 saturated carbocycles. The van der Waals surface area contributed by atoms with Crippen molar-refractivity contribution in [2.24, 2.45) is 0 Å². The van der Waals surface area contributed by atoms with Gasteiger partial charge in [0.1, 0.15) is 5.75 Å².